The minimum Gasteiger partial charge on any atom is -0.497 e. The van der Waals surface area contributed by atoms with E-state index in [-0.39, 0.29) is 30.4 Å². The van der Waals surface area contributed by atoms with E-state index in [2.05, 4.69) is 0 Å². The van der Waals surface area contributed by atoms with Gasteiger partial charge in [0.1, 0.15) is 23.8 Å². The van der Waals surface area contributed by atoms with E-state index in [1.54, 1.807) is 42.5 Å². The molecule has 5 rings (SSSR count). The summed E-state index contributed by atoms with van der Waals surface area (Å²) < 4.78 is 30.8. The van der Waals surface area contributed by atoms with E-state index < -0.39 is 24.2 Å². The van der Waals surface area contributed by atoms with Gasteiger partial charge in [0.15, 0.2) is 11.5 Å². The van der Waals surface area contributed by atoms with Crippen molar-refractivity contribution >= 4 is 11.7 Å². The third-order valence-corrected chi connectivity index (χ3v) is 6.22. The minimum atomic E-state index is -1.02. The fourth-order valence-corrected chi connectivity index (χ4v) is 4.73. The Morgan fingerprint density at radius 2 is 1.97 bits per heavy atom. The van der Waals surface area contributed by atoms with Gasteiger partial charge in [-0.15, -0.1) is 0 Å². The van der Waals surface area contributed by atoms with E-state index in [0.717, 1.165) is 5.56 Å². The van der Waals surface area contributed by atoms with Crippen LogP contribution < -0.4 is 4.74 Å². The Kier molecular flexibility index (Phi) is 4.60. The monoisotopic (exact) mass is 411 g/mol. The third kappa shape index (κ3) is 3.00. The van der Waals surface area contributed by atoms with Gasteiger partial charge in [0.2, 0.25) is 0 Å². The molecule has 0 spiro atoms. The van der Waals surface area contributed by atoms with Crippen LogP contribution in [0.2, 0.25) is 0 Å². The summed E-state index contributed by atoms with van der Waals surface area (Å²) in [5.74, 6) is 0.316. The summed E-state index contributed by atoms with van der Waals surface area (Å²) in [6.45, 7) is 0.202. The Hall–Kier alpha value is -3.09. The van der Waals surface area contributed by atoms with E-state index in [1.165, 1.54) is 0 Å². The molecule has 30 heavy (non-hydrogen) atoms. The number of halogens is 1. The molecule has 2 aliphatic heterocycles. The molecule has 1 aromatic carbocycles. The van der Waals surface area contributed by atoms with Crippen molar-refractivity contribution in [1.29, 1.82) is 0 Å². The number of ether oxygens (including phenoxy) is 2. The number of nitrogens with zero attached hydrogens (tertiary/aromatic N) is 1. The first kappa shape index (κ1) is 18.9. The minimum absolute atomic E-state index is 0.103. The number of alkyl halides is 1. The van der Waals surface area contributed by atoms with Crippen molar-refractivity contribution in [3.63, 3.8) is 0 Å². The van der Waals surface area contributed by atoms with E-state index in [4.69, 9.17) is 13.9 Å². The van der Waals surface area contributed by atoms with Gasteiger partial charge in [-0.1, -0.05) is 12.1 Å². The molecule has 0 bridgehead atoms. The Bertz CT molecular complexity index is 997. The zero-order chi connectivity index (χ0) is 20.8. The van der Waals surface area contributed by atoms with Crippen molar-refractivity contribution in [2.45, 2.75) is 44.1 Å². The average Bonchev–Trinajstić information content (AvgIpc) is 3.37. The highest BCUT2D eigenvalue weighted by atomic mass is 19.1. The first-order valence-electron chi connectivity index (χ1n) is 10.1. The van der Waals surface area contributed by atoms with Crippen LogP contribution >= 0.6 is 0 Å². The highest BCUT2D eigenvalue weighted by Gasteiger charge is 2.53. The molecule has 1 aliphatic carbocycles. The van der Waals surface area contributed by atoms with Gasteiger partial charge >= 0.3 is 0 Å². The van der Waals surface area contributed by atoms with E-state index in [0.29, 0.717) is 29.9 Å². The van der Waals surface area contributed by atoms with Crippen molar-refractivity contribution < 1.29 is 27.9 Å². The van der Waals surface area contributed by atoms with Crippen LogP contribution in [0.15, 0.2) is 58.4 Å². The lowest BCUT2D eigenvalue weighted by Crippen LogP contribution is -2.42. The largest absolute Gasteiger partial charge is 0.497 e. The molecule has 3 heterocycles. The number of amides is 1. The van der Waals surface area contributed by atoms with Crippen LogP contribution in [-0.2, 0) is 20.9 Å². The Labute approximate surface area is 173 Å². The average molecular weight is 411 g/mol. The zero-order valence-electron chi connectivity index (χ0n) is 16.5. The number of fused-ring (bicyclic) bond motifs is 1. The van der Waals surface area contributed by atoms with Gasteiger partial charge < -0.3 is 18.8 Å². The quantitative estimate of drug-likeness (QED) is 0.767. The molecule has 0 saturated heterocycles. The number of furan rings is 1. The number of ketones is 1. The normalized spacial score (nSPS) is 28.3. The second-order valence-corrected chi connectivity index (χ2v) is 7.97. The van der Waals surface area contributed by atoms with Crippen LogP contribution in [-0.4, -0.2) is 36.0 Å². The summed E-state index contributed by atoms with van der Waals surface area (Å²) in [5.41, 5.74) is 1.09. The molecule has 0 radical (unpaired) electrons. The van der Waals surface area contributed by atoms with E-state index in [9.17, 15) is 14.0 Å². The molecule has 1 amide bonds. The van der Waals surface area contributed by atoms with Crippen molar-refractivity contribution in [3.05, 3.63) is 65.3 Å². The number of carbonyl (C=O) groups excluding carboxylic acids is 2. The molecule has 1 aromatic heterocycles. The predicted molar refractivity (Wildman–Crippen MR) is 104 cm³/mol. The standard InChI is InChI=1S/C23H22FNO5/c1-28-15-7-4-13(5-8-15)20-19-21(26)17-11-14(24)6-9-18(17)30-22(19)23(27)25(20)12-16-3-2-10-29-16/h2-5,7-8,10,14,17-18,20H,6,9,11-12H2,1H3. The molecule has 2 aromatic rings. The van der Waals surface area contributed by atoms with Crippen molar-refractivity contribution in [2.75, 3.05) is 7.11 Å². The highest BCUT2D eigenvalue weighted by molar-refractivity contribution is 6.11. The topological polar surface area (TPSA) is 69.0 Å². The van der Waals surface area contributed by atoms with Gasteiger partial charge in [-0.2, -0.15) is 0 Å². The van der Waals surface area contributed by atoms with Crippen molar-refractivity contribution in [1.82, 2.24) is 4.90 Å². The van der Waals surface area contributed by atoms with Crippen LogP contribution in [0.5, 0.6) is 5.75 Å². The molecular weight excluding hydrogens is 389 g/mol. The molecule has 156 valence electrons. The lowest BCUT2D eigenvalue weighted by atomic mass is 9.77. The fraction of sp³-hybridized carbons (Fsp3) is 0.391. The summed E-state index contributed by atoms with van der Waals surface area (Å²) in [5, 5.41) is 0. The Balaban J connectivity index is 1.57. The van der Waals surface area contributed by atoms with Gasteiger partial charge in [-0.3, -0.25) is 9.59 Å². The number of rotatable bonds is 4. The number of Topliss-reactive ketones (excluding diaryl/α,β-unsaturated/α-hetero) is 1. The molecule has 0 N–H and O–H groups in total. The molecule has 1 saturated carbocycles. The van der Waals surface area contributed by atoms with E-state index in [1.807, 2.05) is 12.1 Å². The van der Waals surface area contributed by atoms with Crippen LogP contribution in [0, 0.1) is 5.92 Å². The maximum Gasteiger partial charge on any atom is 0.290 e. The Morgan fingerprint density at radius 3 is 2.67 bits per heavy atom. The number of methoxy groups -OCH3 is 1. The smallest absolute Gasteiger partial charge is 0.290 e. The summed E-state index contributed by atoms with van der Waals surface area (Å²) in [6, 6.07) is 10.2. The van der Waals surface area contributed by atoms with Gasteiger partial charge in [0, 0.05) is 0 Å². The Morgan fingerprint density at radius 1 is 1.17 bits per heavy atom. The third-order valence-electron chi connectivity index (χ3n) is 6.22. The molecular formula is C23H22FNO5. The zero-order valence-corrected chi connectivity index (χ0v) is 16.5. The van der Waals surface area contributed by atoms with Crippen LogP contribution in [0.4, 0.5) is 4.39 Å². The molecule has 4 atom stereocenters. The maximum absolute atomic E-state index is 14.1. The highest BCUT2D eigenvalue weighted by Crippen LogP contribution is 2.47. The predicted octanol–water partition coefficient (Wildman–Crippen LogP) is 3.73. The molecule has 1 fully saturated rings. The molecule has 4 unspecified atom stereocenters. The van der Waals surface area contributed by atoms with Crippen molar-refractivity contribution in [3.8, 4) is 5.75 Å². The van der Waals surface area contributed by atoms with E-state index >= 15 is 0 Å². The SMILES string of the molecule is COc1ccc(C2C3=C(OC4CCC(F)CC4C3=O)C(=O)N2Cc2ccco2)cc1. The fourth-order valence-electron chi connectivity index (χ4n) is 4.73. The number of benzene rings is 1. The summed E-state index contributed by atoms with van der Waals surface area (Å²) >= 11 is 0. The first-order valence-corrected chi connectivity index (χ1v) is 10.1. The number of hydrogen-bond donors (Lipinski definition) is 0. The molecule has 3 aliphatic rings. The lowest BCUT2D eigenvalue weighted by molar-refractivity contribution is -0.136. The summed E-state index contributed by atoms with van der Waals surface area (Å²) in [7, 11) is 1.58. The van der Waals surface area contributed by atoms with Gasteiger partial charge in [0.25, 0.3) is 5.91 Å². The van der Waals surface area contributed by atoms with Gasteiger partial charge in [0.05, 0.1) is 37.5 Å². The second-order valence-electron chi connectivity index (χ2n) is 7.97. The summed E-state index contributed by atoms with van der Waals surface area (Å²) in [6.07, 6.45) is 1.02. The molecule has 6 nitrogen and oxygen atoms in total. The van der Waals surface area contributed by atoms with Gasteiger partial charge in [-0.25, -0.2) is 4.39 Å². The second kappa shape index (κ2) is 7.31. The lowest BCUT2D eigenvalue weighted by Gasteiger charge is -2.36. The van der Waals surface area contributed by atoms with Crippen LogP contribution in [0.1, 0.15) is 36.6 Å². The number of hydrogen-bond acceptors (Lipinski definition) is 5. The first-order chi connectivity index (χ1) is 14.6. The van der Waals surface area contributed by atoms with Crippen molar-refractivity contribution in [2.24, 2.45) is 5.92 Å². The maximum atomic E-state index is 14.1. The van der Waals surface area contributed by atoms with Gasteiger partial charge in [-0.05, 0) is 49.1 Å². The van der Waals surface area contributed by atoms with Crippen LogP contribution in [0.25, 0.3) is 0 Å². The number of carbonyl (C=O) groups is 2. The summed E-state index contributed by atoms with van der Waals surface area (Å²) in [4.78, 5) is 28.4. The van der Waals surface area contributed by atoms with Crippen LogP contribution in [0.3, 0.4) is 0 Å². The molecule has 7 heteroatoms.